The molecule has 0 aromatic carbocycles. The molecule has 4 heteroatoms. The summed E-state index contributed by atoms with van der Waals surface area (Å²) in [6.45, 7) is 8.70. The summed E-state index contributed by atoms with van der Waals surface area (Å²) in [4.78, 5) is 5.87. The first kappa shape index (κ1) is 13.5. The number of aromatic nitrogens is 1. The van der Waals surface area contributed by atoms with Gasteiger partial charge in [-0.3, -0.25) is 0 Å². The van der Waals surface area contributed by atoms with Crippen LogP contribution in [0.4, 0.5) is 0 Å². The van der Waals surface area contributed by atoms with Crippen LogP contribution in [0.3, 0.4) is 0 Å². The molecule has 1 saturated heterocycles. The third-order valence-electron chi connectivity index (χ3n) is 4.75. The van der Waals surface area contributed by atoms with Crippen LogP contribution in [0.25, 0.3) is 0 Å². The SMILES string of the molecule is CCc1cnc(CNC2C3CCCOC3C2(C)C)s1. The molecule has 2 fully saturated rings. The highest BCUT2D eigenvalue weighted by atomic mass is 32.1. The Morgan fingerprint density at radius 1 is 1.53 bits per heavy atom. The smallest absolute Gasteiger partial charge is 0.107 e. The highest BCUT2D eigenvalue weighted by molar-refractivity contribution is 7.11. The Morgan fingerprint density at radius 3 is 3.11 bits per heavy atom. The molecule has 2 heterocycles. The lowest BCUT2D eigenvalue weighted by molar-refractivity contribution is -0.192. The Bertz CT molecular complexity index is 443. The number of rotatable bonds is 4. The molecule has 1 saturated carbocycles. The maximum absolute atomic E-state index is 5.94. The summed E-state index contributed by atoms with van der Waals surface area (Å²) in [6.07, 6.45) is 6.09. The lowest BCUT2D eigenvalue weighted by Crippen LogP contribution is -2.69. The van der Waals surface area contributed by atoms with Crippen LogP contribution in [0.15, 0.2) is 6.20 Å². The fraction of sp³-hybridized carbons (Fsp3) is 0.800. The third kappa shape index (κ3) is 2.34. The van der Waals surface area contributed by atoms with E-state index in [9.17, 15) is 0 Å². The number of ether oxygens (including phenoxy) is 1. The minimum atomic E-state index is 0.260. The minimum Gasteiger partial charge on any atom is -0.377 e. The zero-order valence-electron chi connectivity index (χ0n) is 12.1. The van der Waals surface area contributed by atoms with Gasteiger partial charge in [-0.2, -0.15) is 0 Å². The van der Waals surface area contributed by atoms with Crippen LogP contribution in [-0.4, -0.2) is 23.7 Å². The molecule has 19 heavy (non-hydrogen) atoms. The molecule has 0 spiro atoms. The molecule has 3 atom stereocenters. The molecule has 1 N–H and O–H groups in total. The van der Waals surface area contributed by atoms with Crippen LogP contribution < -0.4 is 5.32 Å². The number of fused-ring (bicyclic) bond motifs is 1. The van der Waals surface area contributed by atoms with Crippen LogP contribution >= 0.6 is 11.3 Å². The zero-order valence-corrected chi connectivity index (χ0v) is 12.9. The molecule has 3 rings (SSSR count). The predicted molar refractivity (Wildman–Crippen MR) is 78.4 cm³/mol. The Morgan fingerprint density at radius 2 is 2.37 bits per heavy atom. The molecule has 0 amide bonds. The lowest BCUT2D eigenvalue weighted by atomic mass is 9.55. The van der Waals surface area contributed by atoms with Gasteiger partial charge in [0, 0.05) is 41.6 Å². The molecule has 2 aliphatic rings. The second kappa shape index (κ2) is 5.15. The fourth-order valence-corrected chi connectivity index (χ4v) is 4.54. The van der Waals surface area contributed by atoms with Crippen molar-refractivity contribution in [1.82, 2.24) is 10.3 Å². The Balaban J connectivity index is 1.60. The highest BCUT2D eigenvalue weighted by Gasteiger charge is 2.57. The zero-order chi connectivity index (χ0) is 13.5. The molecule has 106 valence electrons. The summed E-state index contributed by atoms with van der Waals surface area (Å²) in [5.74, 6) is 0.703. The van der Waals surface area contributed by atoms with Gasteiger partial charge in [0.05, 0.1) is 6.10 Å². The van der Waals surface area contributed by atoms with Gasteiger partial charge in [-0.1, -0.05) is 20.8 Å². The molecular formula is C15H24N2OS. The Hall–Kier alpha value is -0.450. The van der Waals surface area contributed by atoms with E-state index >= 15 is 0 Å². The number of hydrogen-bond acceptors (Lipinski definition) is 4. The number of thiazole rings is 1. The molecule has 1 aliphatic carbocycles. The van der Waals surface area contributed by atoms with Gasteiger partial charge in [0.15, 0.2) is 0 Å². The van der Waals surface area contributed by atoms with Gasteiger partial charge in [-0.15, -0.1) is 11.3 Å². The number of nitrogens with zero attached hydrogens (tertiary/aromatic N) is 1. The summed E-state index contributed by atoms with van der Waals surface area (Å²) >= 11 is 1.83. The lowest BCUT2D eigenvalue weighted by Gasteiger charge is -2.60. The van der Waals surface area contributed by atoms with Gasteiger partial charge in [-0.05, 0) is 19.3 Å². The van der Waals surface area contributed by atoms with Gasteiger partial charge in [0.1, 0.15) is 5.01 Å². The maximum atomic E-state index is 5.94. The van der Waals surface area contributed by atoms with Gasteiger partial charge in [-0.25, -0.2) is 4.98 Å². The van der Waals surface area contributed by atoms with Crippen molar-refractivity contribution < 1.29 is 4.74 Å². The van der Waals surface area contributed by atoms with E-state index in [-0.39, 0.29) is 5.41 Å². The van der Waals surface area contributed by atoms with Crippen molar-refractivity contribution in [1.29, 1.82) is 0 Å². The van der Waals surface area contributed by atoms with Crippen molar-refractivity contribution in [2.24, 2.45) is 11.3 Å². The molecule has 3 unspecified atom stereocenters. The number of hydrogen-bond donors (Lipinski definition) is 1. The largest absolute Gasteiger partial charge is 0.377 e. The first-order chi connectivity index (χ1) is 9.13. The van der Waals surface area contributed by atoms with Gasteiger partial charge < -0.3 is 10.1 Å². The van der Waals surface area contributed by atoms with Crippen LogP contribution in [0, 0.1) is 11.3 Å². The third-order valence-corrected chi connectivity index (χ3v) is 5.90. The van der Waals surface area contributed by atoms with Crippen molar-refractivity contribution in [2.75, 3.05) is 6.61 Å². The van der Waals surface area contributed by atoms with Crippen molar-refractivity contribution in [3.63, 3.8) is 0 Å². The molecular weight excluding hydrogens is 256 g/mol. The standard InChI is InChI=1S/C15H24N2OS/c1-4-10-8-16-12(19-10)9-17-13-11-6-5-7-18-14(11)15(13,2)3/h8,11,13-14,17H,4-7,9H2,1-3H3. The molecule has 1 aromatic heterocycles. The van der Waals surface area contributed by atoms with E-state index in [1.54, 1.807) is 0 Å². The van der Waals surface area contributed by atoms with Gasteiger partial charge in [0.2, 0.25) is 0 Å². The quantitative estimate of drug-likeness (QED) is 0.920. The van der Waals surface area contributed by atoms with Crippen LogP contribution in [0.1, 0.15) is 43.5 Å². The fourth-order valence-electron chi connectivity index (χ4n) is 3.73. The molecule has 3 nitrogen and oxygen atoms in total. The molecule has 0 radical (unpaired) electrons. The molecule has 0 bridgehead atoms. The summed E-state index contributed by atoms with van der Waals surface area (Å²) < 4.78 is 5.94. The van der Waals surface area contributed by atoms with Crippen molar-refractivity contribution >= 4 is 11.3 Å². The van der Waals surface area contributed by atoms with E-state index < -0.39 is 0 Å². The monoisotopic (exact) mass is 280 g/mol. The van der Waals surface area contributed by atoms with Crippen molar-refractivity contribution in [3.8, 4) is 0 Å². The van der Waals surface area contributed by atoms with Gasteiger partial charge >= 0.3 is 0 Å². The topological polar surface area (TPSA) is 34.2 Å². The summed E-state index contributed by atoms with van der Waals surface area (Å²) in [7, 11) is 0. The van der Waals surface area contributed by atoms with E-state index in [0.717, 1.165) is 19.6 Å². The highest BCUT2D eigenvalue weighted by Crippen LogP contribution is 2.51. The first-order valence-corrected chi connectivity index (χ1v) is 8.23. The molecule has 1 aliphatic heterocycles. The second-order valence-corrected chi connectivity index (χ2v) is 7.55. The van der Waals surface area contributed by atoms with E-state index in [0.29, 0.717) is 18.1 Å². The normalized spacial score (nSPS) is 32.7. The van der Waals surface area contributed by atoms with E-state index in [2.05, 4.69) is 31.1 Å². The Kier molecular flexibility index (Phi) is 3.67. The summed E-state index contributed by atoms with van der Waals surface area (Å²) in [6, 6.07) is 0.576. The first-order valence-electron chi connectivity index (χ1n) is 7.41. The maximum Gasteiger partial charge on any atom is 0.107 e. The Labute approximate surface area is 119 Å². The van der Waals surface area contributed by atoms with Crippen LogP contribution in [-0.2, 0) is 17.7 Å². The predicted octanol–water partition coefficient (Wildman–Crippen LogP) is 3.00. The number of aryl methyl sites for hydroxylation is 1. The summed E-state index contributed by atoms with van der Waals surface area (Å²) in [5, 5.41) is 4.95. The average Bonchev–Trinajstić information content (AvgIpc) is 2.87. The number of nitrogens with one attached hydrogen (secondary N) is 1. The molecule has 1 aromatic rings. The van der Waals surface area contributed by atoms with Crippen molar-refractivity contribution in [2.45, 2.75) is 58.7 Å². The summed E-state index contributed by atoms with van der Waals surface area (Å²) in [5.41, 5.74) is 0.260. The van der Waals surface area contributed by atoms with Crippen molar-refractivity contribution in [3.05, 3.63) is 16.1 Å². The second-order valence-electron chi connectivity index (χ2n) is 6.35. The van der Waals surface area contributed by atoms with E-state index in [1.165, 1.54) is 22.7 Å². The van der Waals surface area contributed by atoms with E-state index in [1.807, 2.05) is 17.5 Å². The van der Waals surface area contributed by atoms with Gasteiger partial charge in [0.25, 0.3) is 0 Å². The van der Waals surface area contributed by atoms with E-state index in [4.69, 9.17) is 4.74 Å². The average molecular weight is 280 g/mol. The van der Waals surface area contributed by atoms with Crippen LogP contribution in [0.5, 0.6) is 0 Å². The van der Waals surface area contributed by atoms with Crippen LogP contribution in [0.2, 0.25) is 0 Å². The minimum absolute atomic E-state index is 0.260.